The van der Waals surface area contributed by atoms with Crippen molar-refractivity contribution in [2.75, 3.05) is 5.75 Å². The lowest BCUT2D eigenvalue weighted by molar-refractivity contribution is -0.118. The number of hydrogen-bond donors (Lipinski definition) is 2. The van der Waals surface area contributed by atoms with Gasteiger partial charge in [-0.3, -0.25) is 9.78 Å². The van der Waals surface area contributed by atoms with Crippen LogP contribution in [0.2, 0.25) is 0 Å². The van der Waals surface area contributed by atoms with Gasteiger partial charge in [-0.05, 0) is 31.4 Å². The Hall–Kier alpha value is -1.07. The summed E-state index contributed by atoms with van der Waals surface area (Å²) in [7, 11) is 0. The number of nitrogens with one attached hydrogen (secondary N) is 1. The summed E-state index contributed by atoms with van der Waals surface area (Å²) in [6.07, 6.45) is 4.92. The molecule has 0 radical (unpaired) electrons. The van der Waals surface area contributed by atoms with Crippen LogP contribution in [0.3, 0.4) is 0 Å². The van der Waals surface area contributed by atoms with Crippen molar-refractivity contribution in [3.8, 4) is 0 Å². The van der Waals surface area contributed by atoms with Crippen molar-refractivity contribution in [2.45, 2.75) is 43.2 Å². The highest BCUT2D eigenvalue weighted by Crippen LogP contribution is 2.21. The van der Waals surface area contributed by atoms with Gasteiger partial charge in [-0.25, -0.2) is 0 Å². The number of pyridine rings is 1. The average Bonchev–Trinajstić information content (AvgIpc) is 3.20. The normalized spacial score (nSPS) is 16.3. The van der Waals surface area contributed by atoms with E-state index in [0.717, 1.165) is 29.9 Å². The lowest BCUT2D eigenvalue weighted by Crippen LogP contribution is -2.26. The lowest BCUT2D eigenvalue weighted by Gasteiger charge is -2.08. The van der Waals surface area contributed by atoms with Gasteiger partial charge >= 0.3 is 0 Å². The lowest BCUT2D eigenvalue weighted by atomic mass is 10.1. The summed E-state index contributed by atoms with van der Waals surface area (Å²) >= 11 is 1.51. The molecule has 1 aliphatic carbocycles. The van der Waals surface area contributed by atoms with Crippen LogP contribution in [0.4, 0.5) is 0 Å². The van der Waals surface area contributed by atoms with Crippen LogP contribution in [0.25, 0.3) is 0 Å². The molecule has 4 nitrogen and oxygen atoms in total. The van der Waals surface area contributed by atoms with Gasteiger partial charge in [-0.2, -0.15) is 0 Å². The Labute approximate surface area is 112 Å². The van der Waals surface area contributed by atoms with E-state index in [1.54, 1.807) is 6.20 Å². The number of rotatable bonds is 6. The zero-order chi connectivity index (χ0) is 13.0. The van der Waals surface area contributed by atoms with Crippen LogP contribution in [0.1, 0.15) is 37.9 Å². The fourth-order valence-electron chi connectivity index (χ4n) is 1.55. The fourth-order valence-corrected chi connectivity index (χ4v) is 2.22. The van der Waals surface area contributed by atoms with Gasteiger partial charge in [0.15, 0.2) is 0 Å². The SMILES string of the molecule is CCC(N)c1ccc(SCC(=O)NC2CC2)cn1. The van der Waals surface area contributed by atoms with Gasteiger partial charge in [0.2, 0.25) is 5.91 Å². The second-order valence-electron chi connectivity index (χ2n) is 4.56. The van der Waals surface area contributed by atoms with Crippen molar-refractivity contribution in [1.29, 1.82) is 0 Å². The minimum atomic E-state index is 0.00205. The van der Waals surface area contributed by atoms with E-state index in [1.807, 2.05) is 19.1 Å². The zero-order valence-electron chi connectivity index (χ0n) is 10.6. The first kappa shape index (κ1) is 13.4. The van der Waals surface area contributed by atoms with Crippen LogP contribution in [0, 0.1) is 0 Å². The number of nitrogens with two attached hydrogens (primary N) is 1. The second kappa shape index (κ2) is 6.20. The Morgan fingerprint density at radius 3 is 2.94 bits per heavy atom. The molecular formula is C13H19N3OS. The van der Waals surface area contributed by atoms with Gasteiger partial charge in [-0.15, -0.1) is 11.8 Å². The minimum absolute atomic E-state index is 0.00205. The number of hydrogen-bond acceptors (Lipinski definition) is 4. The maximum absolute atomic E-state index is 11.5. The molecular weight excluding hydrogens is 246 g/mol. The Bertz CT molecular complexity index is 403. The predicted molar refractivity (Wildman–Crippen MR) is 73.3 cm³/mol. The van der Waals surface area contributed by atoms with E-state index in [9.17, 15) is 4.79 Å². The number of carbonyl (C=O) groups excluding carboxylic acids is 1. The van der Waals surface area contributed by atoms with Gasteiger partial charge in [0, 0.05) is 23.2 Å². The molecule has 5 heteroatoms. The molecule has 1 aromatic rings. The number of aromatic nitrogens is 1. The number of nitrogens with zero attached hydrogens (tertiary/aromatic N) is 1. The average molecular weight is 265 g/mol. The number of amides is 1. The van der Waals surface area contributed by atoms with E-state index in [0.29, 0.717) is 11.8 Å². The monoisotopic (exact) mass is 265 g/mol. The fraction of sp³-hybridized carbons (Fsp3) is 0.538. The third-order valence-electron chi connectivity index (χ3n) is 2.89. The summed E-state index contributed by atoms with van der Waals surface area (Å²) in [5.74, 6) is 0.564. The molecule has 18 heavy (non-hydrogen) atoms. The first-order valence-electron chi connectivity index (χ1n) is 6.32. The second-order valence-corrected chi connectivity index (χ2v) is 5.61. The van der Waals surface area contributed by atoms with Crippen LogP contribution < -0.4 is 11.1 Å². The first-order chi connectivity index (χ1) is 8.69. The molecule has 0 bridgehead atoms. The molecule has 1 unspecified atom stereocenters. The molecule has 1 heterocycles. The van der Waals surface area contributed by atoms with E-state index in [2.05, 4.69) is 10.3 Å². The molecule has 1 saturated carbocycles. The van der Waals surface area contributed by atoms with Crippen LogP contribution >= 0.6 is 11.8 Å². The highest BCUT2D eigenvalue weighted by molar-refractivity contribution is 8.00. The van der Waals surface area contributed by atoms with Crippen LogP contribution in [-0.2, 0) is 4.79 Å². The maximum atomic E-state index is 11.5. The molecule has 0 aromatic carbocycles. The van der Waals surface area contributed by atoms with Gasteiger partial charge < -0.3 is 11.1 Å². The molecule has 1 fully saturated rings. The molecule has 98 valence electrons. The highest BCUT2D eigenvalue weighted by atomic mass is 32.2. The van der Waals surface area contributed by atoms with Crippen molar-refractivity contribution < 1.29 is 4.79 Å². The molecule has 1 aliphatic rings. The van der Waals surface area contributed by atoms with Gasteiger partial charge in [0.25, 0.3) is 0 Å². The Morgan fingerprint density at radius 1 is 1.61 bits per heavy atom. The Kier molecular flexibility index (Phi) is 4.60. The maximum Gasteiger partial charge on any atom is 0.230 e. The highest BCUT2D eigenvalue weighted by Gasteiger charge is 2.22. The van der Waals surface area contributed by atoms with Crippen molar-refractivity contribution in [2.24, 2.45) is 5.73 Å². The van der Waals surface area contributed by atoms with E-state index in [4.69, 9.17) is 5.73 Å². The van der Waals surface area contributed by atoms with Crippen LogP contribution in [0.5, 0.6) is 0 Å². The standard InChI is InChI=1S/C13H19N3OS/c1-2-11(14)12-6-5-10(7-15-12)18-8-13(17)16-9-3-4-9/h5-7,9,11H,2-4,8,14H2,1H3,(H,16,17). The van der Waals surface area contributed by atoms with Gasteiger partial charge in [0.05, 0.1) is 11.4 Å². The molecule has 1 aromatic heterocycles. The summed E-state index contributed by atoms with van der Waals surface area (Å²) in [5.41, 5.74) is 6.80. The molecule has 0 saturated heterocycles. The van der Waals surface area contributed by atoms with Crippen molar-refractivity contribution in [3.05, 3.63) is 24.0 Å². The van der Waals surface area contributed by atoms with E-state index in [1.165, 1.54) is 11.8 Å². The molecule has 0 aliphatic heterocycles. The van der Waals surface area contributed by atoms with E-state index >= 15 is 0 Å². The smallest absolute Gasteiger partial charge is 0.230 e. The number of thioether (sulfide) groups is 1. The summed E-state index contributed by atoms with van der Waals surface area (Å²) < 4.78 is 0. The van der Waals surface area contributed by atoms with E-state index in [-0.39, 0.29) is 11.9 Å². The van der Waals surface area contributed by atoms with E-state index < -0.39 is 0 Å². The van der Waals surface area contributed by atoms with Crippen LogP contribution in [-0.4, -0.2) is 22.7 Å². The quantitative estimate of drug-likeness (QED) is 0.770. The molecule has 2 rings (SSSR count). The third kappa shape index (κ3) is 3.99. The molecule has 0 spiro atoms. The van der Waals surface area contributed by atoms with Crippen molar-refractivity contribution in [1.82, 2.24) is 10.3 Å². The molecule has 1 atom stereocenters. The summed E-state index contributed by atoms with van der Waals surface area (Å²) in [4.78, 5) is 16.8. The van der Waals surface area contributed by atoms with Crippen molar-refractivity contribution in [3.63, 3.8) is 0 Å². The molecule has 1 amide bonds. The first-order valence-corrected chi connectivity index (χ1v) is 7.31. The van der Waals surface area contributed by atoms with Crippen molar-refractivity contribution >= 4 is 17.7 Å². The largest absolute Gasteiger partial charge is 0.353 e. The summed E-state index contributed by atoms with van der Waals surface area (Å²) in [6, 6.07) is 4.35. The topological polar surface area (TPSA) is 68.0 Å². The molecule has 3 N–H and O–H groups in total. The Morgan fingerprint density at radius 2 is 2.39 bits per heavy atom. The number of carbonyl (C=O) groups is 1. The minimum Gasteiger partial charge on any atom is -0.353 e. The van der Waals surface area contributed by atoms with Crippen LogP contribution in [0.15, 0.2) is 23.2 Å². The van der Waals surface area contributed by atoms with Gasteiger partial charge in [-0.1, -0.05) is 6.92 Å². The Balaban J connectivity index is 1.80. The summed E-state index contributed by atoms with van der Waals surface area (Å²) in [6.45, 7) is 2.04. The van der Waals surface area contributed by atoms with Gasteiger partial charge in [0.1, 0.15) is 0 Å². The predicted octanol–water partition coefficient (Wildman–Crippen LogP) is 1.86. The summed E-state index contributed by atoms with van der Waals surface area (Å²) in [5, 5.41) is 2.96. The third-order valence-corrected chi connectivity index (χ3v) is 3.87. The zero-order valence-corrected chi connectivity index (χ0v) is 11.4.